The fraction of sp³-hybridized carbons (Fsp3) is 0.571. The van der Waals surface area contributed by atoms with Crippen molar-refractivity contribution in [2.45, 2.75) is 24.3 Å². The molecule has 5 nitrogen and oxygen atoms in total. The molecular weight excluding hydrogens is 274 g/mol. The quantitative estimate of drug-likeness (QED) is 0.821. The number of anilines is 1. The van der Waals surface area contributed by atoms with E-state index in [1.54, 1.807) is 17.2 Å². The summed E-state index contributed by atoms with van der Waals surface area (Å²) in [6.45, 7) is 4.92. The van der Waals surface area contributed by atoms with Crippen LogP contribution in [0.5, 0.6) is 0 Å². The summed E-state index contributed by atoms with van der Waals surface area (Å²) in [5.74, 6) is -0.0795. The highest BCUT2D eigenvalue weighted by molar-refractivity contribution is 7.86. The van der Waals surface area contributed by atoms with Crippen molar-refractivity contribution in [1.82, 2.24) is 9.88 Å². The van der Waals surface area contributed by atoms with E-state index in [4.69, 9.17) is 0 Å². The van der Waals surface area contributed by atoms with Crippen LogP contribution >= 0.6 is 0 Å². The molecule has 2 atom stereocenters. The van der Waals surface area contributed by atoms with E-state index in [0.29, 0.717) is 18.8 Å². The van der Waals surface area contributed by atoms with Gasteiger partial charge in [0.05, 0.1) is 0 Å². The number of carbonyl (C=O) groups is 1. The maximum absolute atomic E-state index is 12.5. The summed E-state index contributed by atoms with van der Waals surface area (Å²) >= 11 is 0. The minimum Gasteiger partial charge on any atom is -0.378 e. The van der Waals surface area contributed by atoms with Crippen molar-refractivity contribution in [2.24, 2.45) is 0 Å². The molecule has 0 bridgehead atoms. The van der Waals surface area contributed by atoms with Crippen LogP contribution in [0.4, 0.5) is 5.69 Å². The molecule has 2 heterocycles. The maximum Gasteiger partial charge on any atom is 0.272 e. The number of hydrogen-bond acceptors (Lipinski definition) is 4. The molecule has 0 aromatic carbocycles. The molecular formula is C14H21N3O2S. The Balaban J connectivity index is 2.19. The summed E-state index contributed by atoms with van der Waals surface area (Å²) in [6, 6.07) is 3.66. The zero-order chi connectivity index (χ0) is 14.9. The molecule has 0 aliphatic carbocycles. The van der Waals surface area contributed by atoms with Crippen molar-refractivity contribution in [3.63, 3.8) is 0 Å². The van der Waals surface area contributed by atoms with Gasteiger partial charge in [0.2, 0.25) is 0 Å². The standard InChI is InChI=1S/C14H21N3O2S/c1-10-8-17(9-11(2)20(10)19)14(18)13-7-12(16(3)4)5-6-15-13/h5-7,10-11H,8-9H2,1-4H3. The topological polar surface area (TPSA) is 53.5 Å². The lowest BCUT2D eigenvalue weighted by atomic mass is 10.2. The third kappa shape index (κ3) is 3.00. The second kappa shape index (κ2) is 5.91. The number of aromatic nitrogens is 1. The van der Waals surface area contributed by atoms with Crippen LogP contribution in [0.2, 0.25) is 0 Å². The van der Waals surface area contributed by atoms with Crippen LogP contribution in [0.1, 0.15) is 24.3 Å². The highest BCUT2D eigenvalue weighted by Crippen LogP contribution is 2.18. The molecule has 1 aliphatic rings. The Morgan fingerprint density at radius 2 is 1.95 bits per heavy atom. The van der Waals surface area contributed by atoms with Crippen LogP contribution in [-0.4, -0.2) is 57.7 Å². The Morgan fingerprint density at radius 1 is 1.35 bits per heavy atom. The second-order valence-corrected chi connectivity index (χ2v) is 7.72. The van der Waals surface area contributed by atoms with Gasteiger partial charge in [-0.25, -0.2) is 0 Å². The fourth-order valence-corrected chi connectivity index (χ4v) is 3.83. The van der Waals surface area contributed by atoms with Gasteiger partial charge in [-0.05, 0) is 26.0 Å². The summed E-state index contributed by atoms with van der Waals surface area (Å²) in [4.78, 5) is 20.4. The monoisotopic (exact) mass is 295 g/mol. The largest absolute Gasteiger partial charge is 0.378 e. The van der Waals surface area contributed by atoms with Crippen LogP contribution in [0.25, 0.3) is 0 Å². The summed E-state index contributed by atoms with van der Waals surface area (Å²) in [5, 5.41) is 0.0273. The van der Waals surface area contributed by atoms with Crippen molar-refractivity contribution in [2.75, 3.05) is 32.1 Å². The molecule has 0 radical (unpaired) electrons. The van der Waals surface area contributed by atoms with Crippen molar-refractivity contribution >= 4 is 22.4 Å². The van der Waals surface area contributed by atoms with Crippen LogP contribution < -0.4 is 4.90 Å². The molecule has 1 saturated heterocycles. The number of hydrogen-bond donors (Lipinski definition) is 0. The third-order valence-electron chi connectivity index (χ3n) is 3.51. The van der Waals surface area contributed by atoms with E-state index < -0.39 is 10.8 Å². The molecule has 2 rings (SSSR count). The highest BCUT2D eigenvalue weighted by atomic mass is 32.2. The predicted molar refractivity (Wildman–Crippen MR) is 81.5 cm³/mol. The van der Waals surface area contributed by atoms with Gasteiger partial charge in [0.15, 0.2) is 0 Å². The number of carbonyl (C=O) groups excluding carboxylic acids is 1. The molecule has 1 amide bonds. The van der Waals surface area contributed by atoms with Crippen LogP contribution in [0, 0.1) is 0 Å². The molecule has 20 heavy (non-hydrogen) atoms. The van der Waals surface area contributed by atoms with E-state index in [0.717, 1.165) is 5.69 Å². The highest BCUT2D eigenvalue weighted by Gasteiger charge is 2.32. The van der Waals surface area contributed by atoms with Gasteiger partial charge in [-0.2, -0.15) is 0 Å². The van der Waals surface area contributed by atoms with E-state index >= 15 is 0 Å². The second-order valence-electron chi connectivity index (χ2n) is 5.45. The summed E-state index contributed by atoms with van der Waals surface area (Å²) in [7, 11) is 3.00. The van der Waals surface area contributed by atoms with Gasteiger partial charge in [0, 0.05) is 60.4 Å². The van der Waals surface area contributed by atoms with E-state index in [2.05, 4.69) is 4.98 Å². The van der Waals surface area contributed by atoms with Crippen molar-refractivity contribution in [3.05, 3.63) is 24.0 Å². The Kier molecular flexibility index (Phi) is 4.42. The first-order chi connectivity index (χ1) is 9.40. The van der Waals surface area contributed by atoms with Crippen molar-refractivity contribution in [1.29, 1.82) is 0 Å². The third-order valence-corrected chi connectivity index (χ3v) is 5.40. The number of amides is 1. The minimum atomic E-state index is -0.858. The van der Waals surface area contributed by atoms with Crippen LogP contribution in [0.15, 0.2) is 18.3 Å². The summed E-state index contributed by atoms with van der Waals surface area (Å²) in [5.41, 5.74) is 1.40. The smallest absolute Gasteiger partial charge is 0.272 e. The van der Waals surface area contributed by atoms with Crippen molar-refractivity contribution in [3.8, 4) is 0 Å². The maximum atomic E-state index is 12.5. The first-order valence-electron chi connectivity index (χ1n) is 6.72. The molecule has 1 aliphatic heterocycles. The number of pyridine rings is 1. The summed E-state index contributed by atoms with van der Waals surface area (Å²) < 4.78 is 11.9. The van der Waals surface area contributed by atoms with Gasteiger partial charge in [0.25, 0.3) is 5.91 Å². The van der Waals surface area contributed by atoms with Gasteiger partial charge in [-0.1, -0.05) is 0 Å². The molecule has 1 aromatic heterocycles. The average molecular weight is 295 g/mol. The van der Waals surface area contributed by atoms with Gasteiger partial charge in [-0.15, -0.1) is 0 Å². The molecule has 1 aromatic rings. The van der Waals surface area contributed by atoms with Crippen LogP contribution in [0.3, 0.4) is 0 Å². The first-order valence-corrected chi connectivity index (χ1v) is 7.99. The lowest BCUT2D eigenvalue weighted by molar-refractivity contribution is 0.0745. The zero-order valence-electron chi connectivity index (χ0n) is 12.4. The molecule has 110 valence electrons. The SMILES string of the molecule is CC1CN(C(=O)c2cc(N(C)C)ccn2)CC(C)S1=O. The molecule has 2 unspecified atom stereocenters. The Morgan fingerprint density at radius 3 is 2.50 bits per heavy atom. The van der Waals surface area contributed by atoms with Gasteiger partial charge >= 0.3 is 0 Å². The number of rotatable bonds is 2. The molecule has 0 saturated carbocycles. The summed E-state index contributed by atoms with van der Waals surface area (Å²) in [6.07, 6.45) is 1.65. The minimum absolute atomic E-state index is 0.0136. The van der Waals surface area contributed by atoms with Crippen molar-refractivity contribution < 1.29 is 9.00 Å². The first kappa shape index (κ1) is 15.0. The van der Waals surface area contributed by atoms with Gasteiger partial charge < -0.3 is 9.80 Å². The van der Waals surface area contributed by atoms with Gasteiger partial charge in [-0.3, -0.25) is 14.0 Å². The van der Waals surface area contributed by atoms with E-state index in [1.807, 2.05) is 38.9 Å². The molecule has 6 heteroatoms. The van der Waals surface area contributed by atoms with E-state index in [1.165, 1.54) is 0 Å². The normalized spacial score (nSPS) is 26.4. The van der Waals surface area contributed by atoms with Gasteiger partial charge in [0.1, 0.15) is 5.69 Å². The van der Waals surface area contributed by atoms with Crippen LogP contribution in [-0.2, 0) is 10.8 Å². The molecule has 0 spiro atoms. The fourth-order valence-electron chi connectivity index (χ4n) is 2.38. The zero-order valence-corrected chi connectivity index (χ0v) is 13.2. The Hall–Kier alpha value is -1.43. The Labute approximate surface area is 122 Å². The average Bonchev–Trinajstić information content (AvgIpc) is 2.43. The molecule has 0 N–H and O–H groups in total. The number of nitrogens with zero attached hydrogens (tertiary/aromatic N) is 3. The lowest BCUT2D eigenvalue weighted by Crippen LogP contribution is -2.49. The predicted octanol–water partition coefficient (Wildman–Crippen LogP) is 1.13. The Bertz CT molecular complexity index is 519. The van der Waals surface area contributed by atoms with E-state index in [-0.39, 0.29) is 16.4 Å². The lowest BCUT2D eigenvalue weighted by Gasteiger charge is -2.34. The molecule has 1 fully saturated rings. The van der Waals surface area contributed by atoms with E-state index in [9.17, 15) is 9.00 Å².